The summed E-state index contributed by atoms with van der Waals surface area (Å²) in [6.07, 6.45) is 1.51. The van der Waals surface area contributed by atoms with E-state index in [-0.39, 0.29) is 5.57 Å². The topological polar surface area (TPSA) is 80.6 Å². The molecular formula is C30H26N2O4. The Morgan fingerprint density at radius 3 is 2.42 bits per heavy atom. The molecule has 0 aliphatic heterocycles. The molecule has 0 bridgehead atoms. The summed E-state index contributed by atoms with van der Waals surface area (Å²) in [5.41, 5.74) is 2.22. The molecule has 0 saturated heterocycles. The van der Waals surface area contributed by atoms with Crippen LogP contribution < -0.4 is 19.5 Å². The molecule has 0 aromatic heterocycles. The van der Waals surface area contributed by atoms with E-state index in [0.717, 1.165) is 10.9 Å². The van der Waals surface area contributed by atoms with Crippen LogP contribution in [-0.4, -0.2) is 19.6 Å². The number of carbonyl (C=O) groups excluding carboxylic acids is 1. The van der Waals surface area contributed by atoms with Gasteiger partial charge in [-0.05, 0) is 77.4 Å². The highest BCUT2D eigenvalue weighted by atomic mass is 16.5. The van der Waals surface area contributed by atoms with Gasteiger partial charge in [0.2, 0.25) is 0 Å². The Bertz CT molecular complexity index is 1440. The average molecular weight is 479 g/mol. The number of nitrogens with zero attached hydrogens (tertiary/aromatic N) is 1. The number of ether oxygens (including phenoxy) is 3. The Balaban J connectivity index is 1.45. The SMILES string of the molecule is CCOc1ccc(NC(=O)/C(C#N)=C\c2ccc(OCc3ccc4ccccc4c3)c(OC)c2)cc1. The van der Waals surface area contributed by atoms with Gasteiger partial charge < -0.3 is 19.5 Å². The minimum atomic E-state index is -0.503. The number of benzene rings is 4. The highest BCUT2D eigenvalue weighted by molar-refractivity contribution is 6.09. The molecule has 180 valence electrons. The third-order valence-electron chi connectivity index (χ3n) is 5.50. The van der Waals surface area contributed by atoms with Crippen molar-refractivity contribution in [3.63, 3.8) is 0 Å². The van der Waals surface area contributed by atoms with E-state index >= 15 is 0 Å². The standard InChI is InChI=1S/C30H26N2O4/c1-3-35-27-13-11-26(12-14-27)32-30(33)25(19-31)16-21-9-15-28(29(18-21)34-2)36-20-22-8-10-23-6-4-5-7-24(23)17-22/h4-18H,3,20H2,1-2H3,(H,32,33)/b25-16-. The van der Waals surface area contributed by atoms with E-state index in [1.807, 2.05) is 31.2 Å². The Morgan fingerprint density at radius 2 is 1.69 bits per heavy atom. The summed E-state index contributed by atoms with van der Waals surface area (Å²) in [6.45, 7) is 2.84. The van der Waals surface area contributed by atoms with Gasteiger partial charge in [-0.1, -0.05) is 42.5 Å². The average Bonchev–Trinajstić information content (AvgIpc) is 2.91. The maximum absolute atomic E-state index is 12.6. The number of carbonyl (C=O) groups is 1. The van der Waals surface area contributed by atoms with Crippen molar-refractivity contribution in [1.82, 2.24) is 0 Å². The molecule has 0 atom stereocenters. The lowest BCUT2D eigenvalue weighted by molar-refractivity contribution is -0.112. The van der Waals surface area contributed by atoms with Crippen LogP contribution in [0.1, 0.15) is 18.1 Å². The van der Waals surface area contributed by atoms with Crippen molar-refractivity contribution in [3.8, 4) is 23.3 Å². The highest BCUT2D eigenvalue weighted by Crippen LogP contribution is 2.30. The molecule has 1 amide bonds. The third-order valence-corrected chi connectivity index (χ3v) is 5.50. The first-order valence-electron chi connectivity index (χ1n) is 11.5. The number of amides is 1. The molecule has 4 aromatic carbocycles. The Morgan fingerprint density at radius 1 is 0.917 bits per heavy atom. The summed E-state index contributed by atoms with van der Waals surface area (Å²) in [5, 5.41) is 14.6. The second-order valence-corrected chi connectivity index (χ2v) is 7.96. The second-order valence-electron chi connectivity index (χ2n) is 7.96. The van der Waals surface area contributed by atoms with Gasteiger partial charge in [-0.3, -0.25) is 4.79 Å². The first-order chi connectivity index (χ1) is 17.6. The van der Waals surface area contributed by atoms with Gasteiger partial charge in [0.1, 0.15) is 24.0 Å². The lowest BCUT2D eigenvalue weighted by Crippen LogP contribution is -2.13. The molecule has 0 heterocycles. The number of anilines is 1. The predicted molar refractivity (Wildman–Crippen MR) is 141 cm³/mol. The van der Waals surface area contributed by atoms with Crippen molar-refractivity contribution in [2.24, 2.45) is 0 Å². The molecule has 6 heteroatoms. The van der Waals surface area contributed by atoms with Gasteiger partial charge in [-0.25, -0.2) is 0 Å². The fraction of sp³-hybridized carbons (Fsp3) is 0.133. The number of nitriles is 1. The quantitative estimate of drug-likeness (QED) is 0.223. The zero-order valence-electron chi connectivity index (χ0n) is 20.2. The normalized spacial score (nSPS) is 11.0. The van der Waals surface area contributed by atoms with Gasteiger partial charge >= 0.3 is 0 Å². The minimum absolute atomic E-state index is 0.0317. The summed E-state index contributed by atoms with van der Waals surface area (Å²) >= 11 is 0. The van der Waals surface area contributed by atoms with E-state index < -0.39 is 5.91 Å². The molecule has 0 aliphatic rings. The van der Waals surface area contributed by atoms with Gasteiger partial charge in [0.15, 0.2) is 11.5 Å². The molecule has 4 rings (SSSR count). The number of fused-ring (bicyclic) bond motifs is 1. The van der Waals surface area contributed by atoms with Crippen LogP contribution >= 0.6 is 0 Å². The van der Waals surface area contributed by atoms with Crippen LogP contribution in [0.15, 0.2) is 90.5 Å². The molecule has 0 fully saturated rings. The number of methoxy groups -OCH3 is 1. The van der Waals surface area contributed by atoms with Crippen LogP contribution in [0, 0.1) is 11.3 Å². The van der Waals surface area contributed by atoms with Gasteiger partial charge in [-0.15, -0.1) is 0 Å². The van der Waals surface area contributed by atoms with Crippen molar-refractivity contribution in [2.45, 2.75) is 13.5 Å². The molecule has 0 saturated carbocycles. The second kappa shape index (κ2) is 11.6. The lowest BCUT2D eigenvalue weighted by atomic mass is 10.1. The smallest absolute Gasteiger partial charge is 0.266 e. The molecule has 1 N–H and O–H groups in total. The van der Waals surface area contributed by atoms with Crippen LogP contribution in [-0.2, 0) is 11.4 Å². The van der Waals surface area contributed by atoms with Crippen molar-refractivity contribution in [1.29, 1.82) is 5.26 Å². The molecule has 0 spiro atoms. The van der Waals surface area contributed by atoms with E-state index in [1.54, 1.807) is 49.6 Å². The molecule has 4 aromatic rings. The van der Waals surface area contributed by atoms with Crippen molar-refractivity contribution < 1.29 is 19.0 Å². The number of hydrogen-bond donors (Lipinski definition) is 1. The van der Waals surface area contributed by atoms with Gasteiger partial charge in [0.25, 0.3) is 5.91 Å². The predicted octanol–water partition coefficient (Wildman–Crippen LogP) is 6.37. The van der Waals surface area contributed by atoms with Crippen LogP contribution in [0.4, 0.5) is 5.69 Å². The summed E-state index contributed by atoms with van der Waals surface area (Å²) in [5.74, 6) is 1.28. The zero-order valence-corrected chi connectivity index (χ0v) is 20.2. The number of nitrogens with one attached hydrogen (secondary N) is 1. The Labute approximate surface area is 210 Å². The van der Waals surface area contributed by atoms with Crippen molar-refractivity contribution in [2.75, 3.05) is 19.0 Å². The monoisotopic (exact) mass is 478 g/mol. The molecule has 6 nitrogen and oxygen atoms in total. The molecule has 0 aliphatic carbocycles. The molecule has 0 radical (unpaired) electrons. The number of hydrogen-bond acceptors (Lipinski definition) is 5. The summed E-state index contributed by atoms with van der Waals surface area (Å²) in [7, 11) is 1.55. The van der Waals surface area contributed by atoms with Gasteiger partial charge in [0.05, 0.1) is 13.7 Å². The fourth-order valence-electron chi connectivity index (χ4n) is 3.70. The largest absolute Gasteiger partial charge is 0.494 e. The van der Waals surface area contributed by atoms with Crippen LogP contribution in [0.2, 0.25) is 0 Å². The number of rotatable bonds is 9. The maximum Gasteiger partial charge on any atom is 0.266 e. The highest BCUT2D eigenvalue weighted by Gasteiger charge is 2.12. The molecular weight excluding hydrogens is 452 g/mol. The van der Waals surface area contributed by atoms with E-state index in [2.05, 4.69) is 29.6 Å². The van der Waals surface area contributed by atoms with Crippen molar-refractivity contribution >= 4 is 28.4 Å². The maximum atomic E-state index is 12.6. The first-order valence-corrected chi connectivity index (χ1v) is 11.5. The summed E-state index contributed by atoms with van der Waals surface area (Å²) in [4.78, 5) is 12.6. The van der Waals surface area contributed by atoms with E-state index in [0.29, 0.717) is 41.7 Å². The Kier molecular flexibility index (Phi) is 7.84. The fourth-order valence-corrected chi connectivity index (χ4v) is 3.70. The summed E-state index contributed by atoms with van der Waals surface area (Å²) < 4.78 is 16.9. The van der Waals surface area contributed by atoms with Gasteiger partial charge in [-0.2, -0.15) is 5.26 Å². The van der Waals surface area contributed by atoms with Crippen molar-refractivity contribution in [3.05, 3.63) is 102 Å². The van der Waals surface area contributed by atoms with E-state index in [1.165, 1.54) is 11.5 Å². The van der Waals surface area contributed by atoms with E-state index in [9.17, 15) is 10.1 Å². The molecule has 36 heavy (non-hydrogen) atoms. The minimum Gasteiger partial charge on any atom is -0.494 e. The van der Waals surface area contributed by atoms with Crippen LogP contribution in [0.25, 0.3) is 16.8 Å². The van der Waals surface area contributed by atoms with Crippen LogP contribution in [0.3, 0.4) is 0 Å². The molecule has 0 unspecified atom stereocenters. The van der Waals surface area contributed by atoms with Gasteiger partial charge in [0, 0.05) is 5.69 Å². The van der Waals surface area contributed by atoms with E-state index in [4.69, 9.17) is 14.2 Å². The summed E-state index contributed by atoms with van der Waals surface area (Å²) in [6, 6.07) is 28.6. The zero-order chi connectivity index (χ0) is 25.3. The first kappa shape index (κ1) is 24.4. The Hall–Kier alpha value is -4.76. The lowest BCUT2D eigenvalue weighted by Gasteiger charge is -2.12. The van der Waals surface area contributed by atoms with Crippen LogP contribution in [0.5, 0.6) is 17.2 Å². The third kappa shape index (κ3) is 6.02.